The quantitative estimate of drug-likeness (QED) is 0.453. The fourth-order valence-electron chi connectivity index (χ4n) is 5.54. The molecule has 3 heterocycles. The molecule has 4 aromatic rings. The first-order valence-electron chi connectivity index (χ1n) is 11.7. The highest BCUT2D eigenvalue weighted by Crippen LogP contribution is 2.52. The maximum absolute atomic E-state index is 14.1. The molecule has 1 unspecified atom stereocenters. The van der Waals surface area contributed by atoms with Crippen molar-refractivity contribution < 1.29 is 14.0 Å². The molecule has 2 aliphatic rings. The van der Waals surface area contributed by atoms with Gasteiger partial charge in [0.15, 0.2) is 11.0 Å². The molecule has 1 atom stereocenters. The van der Waals surface area contributed by atoms with Gasteiger partial charge >= 0.3 is 0 Å². The van der Waals surface area contributed by atoms with Crippen molar-refractivity contribution in [2.75, 3.05) is 18.5 Å². The van der Waals surface area contributed by atoms with Crippen molar-refractivity contribution in [1.29, 1.82) is 0 Å². The van der Waals surface area contributed by atoms with Crippen LogP contribution >= 0.6 is 0 Å². The number of rotatable bonds is 3. The van der Waals surface area contributed by atoms with Crippen LogP contribution in [0.1, 0.15) is 38.4 Å². The number of carbonyl (C=O) groups is 2. The molecule has 174 valence electrons. The molecular formula is C29H24N2O4. The summed E-state index contributed by atoms with van der Waals surface area (Å²) in [6.45, 7) is 4.12. The Balaban J connectivity index is 1.65. The lowest BCUT2D eigenvalue weighted by molar-refractivity contribution is -0.125. The lowest BCUT2D eigenvalue weighted by Crippen LogP contribution is -2.53. The molecule has 1 spiro atoms. The highest BCUT2D eigenvalue weighted by molar-refractivity contribution is 6.16. The Bertz CT molecular complexity index is 1600. The zero-order valence-corrected chi connectivity index (χ0v) is 19.8. The van der Waals surface area contributed by atoms with Gasteiger partial charge in [0.05, 0.1) is 10.9 Å². The highest BCUT2D eigenvalue weighted by Gasteiger charge is 2.64. The van der Waals surface area contributed by atoms with E-state index in [1.54, 1.807) is 24.1 Å². The van der Waals surface area contributed by atoms with Crippen LogP contribution in [0.4, 0.5) is 5.69 Å². The molecule has 3 aromatic carbocycles. The number of hydrogen-bond donors (Lipinski definition) is 0. The molecule has 0 saturated heterocycles. The first-order valence-corrected chi connectivity index (χ1v) is 11.7. The van der Waals surface area contributed by atoms with Crippen molar-refractivity contribution in [3.63, 3.8) is 0 Å². The zero-order chi connectivity index (χ0) is 24.5. The molecule has 2 amide bonds. The van der Waals surface area contributed by atoms with Gasteiger partial charge in [-0.2, -0.15) is 0 Å². The predicted molar refractivity (Wildman–Crippen MR) is 134 cm³/mol. The van der Waals surface area contributed by atoms with Crippen LogP contribution < -0.4 is 10.3 Å². The Labute approximate surface area is 202 Å². The minimum atomic E-state index is -1.56. The third-order valence-corrected chi connectivity index (χ3v) is 7.45. The number of nitrogens with zero attached hydrogens (tertiary/aromatic N) is 2. The summed E-state index contributed by atoms with van der Waals surface area (Å²) in [5.74, 6) is -0.807. The van der Waals surface area contributed by atoms with Gasteiger partial charge in [0.2, 0.25) is 5.76 Å². The predicted octanol–water partition coefficient (Wildman–Crippen LogP) is 4.33. The molecule has 0 radical (unpaired) electrons. The van der Waals surface area contributed by atoms with Crippen molar-refractivity contribution in [3.8, 4) is 0 Å². The average Bonchev–Trinajstić information content (AvgIpc) is 3.24. The molecular weight excluding hydrogens is 440 g/mol. The number of anilines is 1. The van der Waals surface area contributed by atoms with Crippen molar-refractivity contribution in [2.24, 2.45) is 0 Å². The maximum atomic E-state index is 14.1. The van der Waals surface area contributed by atoms with Gasteiger partial charge in [-0.1, -0.05) is 48.5 Å². The van der Waals surface area contributed by atoms with E-state index in [1.807, 2.05) is 68.4 Å². The monoisotopic (exact) mass is 464 g/mol. The zero-order valence-electron chi connectivity index (χ0n) is 19.8. The smallest absolute Gasteiger partial charge is 0.291 e. The Morgan fingerprint density at radius 1 is 0.886 bits per heavy atom. The first-order chi connectivity index (χ1) is 16.9. The summed E-state index contributed by atoms with van der Waals surface area (Å²) in [6.07, 6.45) is 0.535. The fraction of sp³-hybridized carbons (Fsp3) is 0.207. The summed E-state index contributed by atoms with van der Waals surface area (Å²) in [5.41, 5.74) is 2.84. The second-order valence-electron chi connectivity index (χ2n) is 9.35. The van der Waals surface area contributed by atoms with Gasteiger partial charge in [-0.25, -0.2) is 0 Å². The third-order valence-electron chi connectivity index (χ3n) is 7.45. The Morgan fingerprint density at radius 3 is 2.34 bits per heavy atom. The molecule has 6 nitrogen and oxygen atoms in total. The Hall–Kier alpha value is -4.19. The van der Waals surface area contributed by atoms with E-state index in [0.717, 1.165) is 16.7 Å². The summed E-state index contributed by atoms with van der Waals surface area (Å²) in [4.78, 5) is 45.1. The summed E-state index contributed by atoms with van der Waals surface area (Å²) in [6, 6.07) is 20.7. The number of fused-ring (bicyclic) bond motifs is 5. The second kappa shape index (κ2) is 7.40. The SMILES string of the molecule is Cc1cc2oc3c(c(=O)c2cc1C)C1(C(=O)N(C)c2ccccc21)N(CCc1ccccc1)C3=O. The highest BCUT2D eigenvalue weighted by atomic mass is 16.3. The second-order valence-corrected chi connectivity index (χ2v) is 9.35. The number of aryl methyl sites for hydroxylation is 2. The van der Waals surface area contributed by atoms with Crippen LogP contribution in [-0.4, -0.2) is 30.3 Å². The number of para-hydroxylation sites is 1. The number of hydrogen-bond acceptors (Lipinski definition) is 4. The van der Waals surface area contributed by atoms with Crippen LogP contribution in [0.3, 0.4) is 0 Å². The van der Waals surface area contributed by atoms with E-state index in [-0.39, 0.29) is 29.2 Å². The minimum absolute atomic E-state index is 0.0442. The third kappa shape index (κ3) is 2.74. The lowest BCUT2D eigenvalue weighted by atomic mass is 9.83. The normalized spacial score (nSPS) is 18.6. The Morgan fingerprint density at radius 2 is 1.57 bits per heavy atom. The van der Waals surface area contributed by atoms with Gasteiger partial charge in [-0.3, -0.25) is 14.4 Å². The van der Waals surface area contributed by atoms with Crippen molar-refractivity contribution in [1.82, 2.24) is 4.90 Å². The molecule has 0 saturated carbocycles. The van der Waals surface area contributed by atoms with Crippen LogP contribution in [0.15, 0.2) is 75.9 Å². The van der Waals surface area contributed by atoms with E-state index in [0.29, 0.717) is 28.6 Å². The van der Waals surface area contributed by atoms with Gasteiger partial charge in [0, 0.05) is 24.8 Å². The van der Waals surface area contributed by atoms with E-state index in [9.17, 15) is 14.4 Å². The minimum Gasteiger partial charge on any atom is -0.450 e. The molecule has 0 bridgehead atoms. The van der Waals surface area contributed by atoms with Crippen molar-refractivity contribution >= 4 is 28.5 Å². The van der Waals surface area contributed by atoms with Gasteiger partial charge in [-0.15, -0.1) is 0 Å². The molecule has 2 aliphatic heterocycles. The molecule has 6 heteroatoms. The van der Waals surface area contributed by atoms with Crippen LogP contribution in [0, 0.1) is 13.8 Å². The number of amides is 2. The van der Waals surface area contributed by atoms with E-state index in [4.69, 9.17) is 4.42 Å². The molecule has 0 N–H and O–H groups in total. The molecule has 6 rings (SSSR count). The topological polar surface area (TPSA) is 70.8 Å². The van der Waals surface area contributed by atoms with E-state index < -0.39 is 11.4 Å². The number of benzene rings is 3. The molecule has 0 aliphatic carbocycles. The number of carbonyl (C=O) groups excluding carboxylic acids is 2. The van der Waals surface area contributed by atoms with Crippen LogP contribution in [0.2, 0.25) is 0 Å². The molecule has 0 fully saturated rings. The maximum Gasteiger partial charge on any atom is 0.291 e. The van der Waals surface area contributed by atoms with E-state index >= 15 is 0 Å². The van der Waals surface area contributed by atoms with Crippen molar-refractivity contribution in [2.45, 2.75) is 25.8 Å². The average molecular weight is 465 g/mol. The molecule has 35 heavy (non-hydrogen) atoms. The van der Waals surface area contributed by atoms with Gasteiger partial charge in [0.1, 0.15) is 5.58 Å². The van der Waals surface area contributed by atoms with Gasteiger partial charge in [0.25, 0.3) is 11.8 Å². The largest absolute Gasteiger partial charge is 0.450 e. The van der Waals surface area contributed by atoms with Gasteiger partial charge in [-0.05, 0) is 55.2 Å². The van der Waals surface area contributed by atoms with Crippen molar-refractivity contribution in [3.05, 3.63) is 111 Å². The summed E-state index contributed by atoms with van der Waals surface area (Å²) >= 11 is 0. The number of likely N-dealkylation sites (N-methyl/N-ethyl adjacent to an activating group) is 1. The Kier molecular flexibility index (Phi) is 4.52. The lowest BCUT2D eigenvalue weighted by Gasteiger charge is -2.34. The van der Waals surface area contributed by atoms with Crippen LogP contribution in [0.25, 0.3) is 11.0 Å². The van der Waals surface area contributed by atoms with E-state index in [1.165, 1.54) is 4.90 Å². The standard InChI is InChI=1S/C29H24N2O4/c1-17-15-20-23(16-18(17)2)35-26-24(25(20)32)29(21-11-7-8-12-22(21)30(3)28(29)34)31(27(26)33)14-13-19-9-5-4-6-10-19/h4-12,15-16H,13-14H2,1-3H3. The van der Waals surface area contributed by atoms with E-state index in [2.05, 4.69) is 0 Å². The molecule has 1 aromatic heterocycles. The summed E-state index contributed by atoms with van der Waals surface area (Å²) in [7, 11) is 1.68. The van der Waals surface area contributed by atoms with Crippen LogP contribution in [-0.2, 0) is 16.8 Å². The van der Waals surface area contributed by atoms with Crippen LogP contribution in [0.5, 0.6) is 0 Å². The summed E-state index contributed by atoms with van der Waals surface area (Å²) in [5, 5.41) is 0.378. The fourth-order valence-corrected chi connectivity index (χ4v) is 5.54. The first kappa shape index (κ1) is 21.4. The summed E-state index contributed by atoms with van der Waals surface area (Å²) < 4.78 is 6.14. The van der Waals surface area contributed by atoms with Gasteiger partial charge < -0.3 is 14.2 Å².